The van der Waals surface area contributed by atoms with Crippen LogP contribution in [-0.2, 0) is 16.1 Å². The molecule has 144 valence electrons. The zero-order valence-corrected chi connectivity index (χ0v) is 15.9. The number of ether oxygens (including phenoxy) is 3. The van der Waals surface area contributed by atoms with Crippen molar-refractivity contribution in [2.45, 2.75) is 6.61 Å². The first kappa shape index (κ1) is 18.5. The summed E-state index contributed by atoms with van der Waals surface area (Å²) in [6.07, 6.45) is 1.69. The fourth-order valence-corrected chi connectivity index (χ4v) is 2.86. The number of cyclic esters (lactones) is 1. The van der Waals surface area contributed by atoms with E-state index in [-0.39, 0.29) is 11.6 Å². The average molecular weight is 385 g/mol. The lowest BCUT2D eigenvalue weighted by molar-refractivity contribution is -0.129. The van der Waals surface area contributed by atoms with Gasteiger partial charge in [0.2, 0.25) is 5.90 Å². The van der Waals surface area contributed by atoms with E-state index >= 15 is 0 Å². The third kappa shape index (κ3) is 4.52. The molecule has 1 aliphatic rings. The molecular weight excluding hydrogens is 366 g/mol. The van der Waals surface area contributed by atoms with E-state index in [0.29, 0.717) is 17.9 Å². The van der Waals surface area contributed by atoms with Gasteiger partial charge in [0, 0.05) is 5.56 Å². The van der Waals surface area contributed by atoms with E-state index in [2.05, 4.69) is 4.99 Å². The fraction of sp³-hybridized carbons (Fsp3) is 0.0833. The molecule has 0 aliphatic carbocycles. The lowest BCUT2D eigenvalue weighted by atomic mass is 10.2. The number of benzene rings is 3. The Kier molecular flexibility index (Phi) is 5.38. The third-order valence-electron chi connectivity index (χ3n) is 4.37. The predicted octanol–water partition coefficient (Wildman–Crippen LogP) is 4.62. The van der Waals surface area contributed by atoms with Crippen molar-refractivity contribution >= 4 is 17.9 Å². The maximum atomic E-state index is 12.2. The van der Waals surface area contributed by atoms with Gasteiger partial charge >= 0.3 is 5.97 Å². The number of carbonyl (C=O) groups excluding carboxylic acids is 1. The average Bonchev–Trinajstić information content (AvgIpc) is 3.13. The number of esters is 1. The molecule has 3 aromatic carbocycles. The molecule has 0 aromatic heterocycles. The summed E-state index contributed by atoms with van der Waals surface area (Å²) in [5.41, 5.74) is 2.85. The molecule has 0 saturated heterocycles. The smallest absolute Gasteiger partial charge is 0.363 e. The van der Waals surface area contributed by atoms with Gasteiger partial charge in [-0.1, -0.05) is 42.5 Å². The van der Waals surface area contributed by atoms with E-state index in [1.807, 2.05) is 54.6 Å². The van der Waals surface area contributed by atoms with Crippen molar-refractivity contribution in [1.82, 2.24) is 0 Å². The SMILES string of the molecule is COc1ccc(C2=N/C(=C/c3cccc(OCc4ccccc4)c3)C(=O)O2)cc1. The highest BCUT2D eigenvalue weighted by Gasteiger charge is 2.24. The highest BCUT2D eigenvalue weighted by molar-refractivity contribution is 6.12. The molecule has 4 rings (SSSR count). The molecule has 0 unspecified atom stereocenters. The molecule has 0 spiro atoms. The first-order valence-electron chi connectivity index (χ1n) is 9.15. The number of nitrogens with zero attached hydrogens (tertiary/aromatic N) is 1. The van der Waals surface area contributed by atoms with Crippen LogP contribution in [0.1, 0.15) is 16.7 Å². The quantitative estimate of drug-likeness (QED) is 0.459. The van der Waals surface area contributed by atoms with Gasteiger partial charge in [-0.15, -0.1) is 0 Å². The second-order valence-electron chi connectivity index (χ2n) is 6.41. The van der Waals surface area contributed by atoms with Crippen molar-refractivity contribution in [3.8, 4) is 11.5 Å². The summed E-state index contributed by atoms with van der Waals surface area (Å²) >= 11 is 0. The van der Waals surface area contributed by atoms with Gasteiger partial charge < -0.3 is 14.2 Å². The maximum Gasteiger partial charge on any atom is 0.363 e. The van der Waals surface area contributed by atoms with Crippen LogP contribution >= 0.6 is 0 Å². The van der Waals surface area contributed by atoms with Crippen molar-refractivity contribution in [3.05, 3.63) is 101 Å². The Bertz CT molecular complexity index is 1070. The molecule has 3 aromatic rings. The van der Waals surface area contributed by atoms with E-state index in [1.165, 1.54) is 0 Å². The van der Waals surface area contributed by atoms with Gasteiger partial charge in [-0.25, -0.2) is 9.79 Å². The monoisotopic (exact) mass is 385 g/mol. The first-order chi connectivity index (χ1) is 14.2. The summed E-state index contributed by atoms with van der Waals surface area (Å²) in [4.78, 5) is 16.6. The van der Waals surface area contributed by atoms with Crippen molar-refractivity contribution in [2.75, 3.05) is 7.11 Å². The summed E-state index contributed by atoms with van der Waals surface area (Å²) < 4.78 is 16.3. The normalized spacial score (nSPS) is 14.4. The lowest BCUT2D eigenvalue weighted by Gasteiger charge is -2.07. The highest BCUT2D eigenvalue weighted by atomic mass is 16.6. The molecule has 0 N–H and O–H groups in total. The summed E-state index contributed by atoms with van der Waals surface area (Å²) in [6.45, 7) is 0.475. The molecule has 1 heterocycles. The second-order valence-corrected chi connectivity index (χ2v) is 6.41. The van der Waals surface area contributed by atoms with Gasteiger partial charge in [0.25, 0.3) is 0 Å². The van der Waals surface area contributed by atoms with Crippen molar-refractivity contribution in [1.29, 1.82) is 0 Å². The Hall–Kier alpha value is -3.86. The van der Waals surface area contributed by atoms with Crippen LogP contribution < -0.4 is 9.47 Å². The fourth-order valence-electron chi connectivity index (χ4n) is 2.86. The van der Waals surface area contributed by atoms with Gasteiger partial charge in [0.05, 0.1) is 7.11 Å². The topological polar surface area (TPSA) is 57.1 Å². The Labute approximate surface area is 168 Å². The molecule has 1 aliphatic heterocycles. The van der Waals surface area contributed by atoms with Crippen LogP contribution in [0.4, 0.5) is 0 Å². The molecule has 0 bridgehead atoms. The Morgan fingerprint density at radius 1 is 0.931 bits per heavy atom. The summed E-state index contributed by atoms with van der Waals surface area (Å²) in [5, 5.41) is 0. The Morgan fingerprint density at radius 2 is 1.72 bits per heavy atom. The van der Waals surface area contributed by atoms with Gasteiger partial charge in [-0.3, -0.25) is 0 Å². The van der Waals surface area contributed by atoms with Crippen LogP contribution in [0.5, 0.6) is 11.5 Å². The van der Waals surface area contributed by atoms with Crippen LogP contribution in [0.2, 0.25) is 0 Å². The minimum atomic E-state index is -0.480. The Morgan fingerprint density at radius 3 is 2.48 bits per heavy atom. The molecule has 0 atom stereocenters. The molecule has 0 radical (unpaired) electrons. The summed E-state index contributed by atoms with van der Waals surface area (Å²) in [6, 6.07) is 24.6. The van der Waals surface area contributed by atoms with Crippen LogP contribution in [-0.4, -0.2) is 19.0 Å². The standard InChI is InChI=1S/C24H19NO4/c1-27-20-12-10-19(11-13-20)23-25-22(24(26)29-23)15-18-8-5-9-21(14-18)28-16-17-6-3-2-4-7-17/h2-15H,16H2,1H3/b22-15+. The maximum absolute atomic E-state index is 12.2. The molecule has 0 fully saturated rings. The molecule has 5 heteroatoms. The molecule has 0 saturated carbocycles. The van der Waals surface area contributed by atoms with Gasteiger partial charge in [0.1, 0.15) is 18.1 Å². The van der Waals surface area contributed by atoms with Crippen molar-refractivity contribution < 1.29 is 19.0 Å². The van der Waals surface area contributed by atoms with Gasteiger partial charge in [-0.05, 0) is 53.6 Å². The third-order valence-corrected chi connectivity index (χ3v) is 4.37. The van der Waals surface area contributed by atoms with Crippen LogP contribution in [0, 0.1) is 0 Å². The van der Waals surface area contributed by atoms with E-state index in [4.69, 9.17) is 14.2 Å². The largest absolute Gasteiger partial charge is 0.497 e. The van der Waals surface area contributed by atoms with E-state index in [1.54, 1.807) is 37.5 Å². The second kappa shape index (κ2) is 8.44. The number of rotatable bonds is 6. The number of carbonyl (C=O) groups is 1. The van der Waals surface area contributed by atoms with Crippen LogP contribution in [0.25, 0.3) is 6.08 Å². The number of hydrogen-bond acceptors (Lipinski definition) is 5. The van der Waals surface area contributed by atoms with Gasteiger partial charge in [0.15, 0.2) is 5.70 Å². The van der Waals surface area contributed by atoms with Crippen LogP contribution in [0.3, 0.4) is 0 Å². The zero-order valence-electron chi connectivity index (χ0n) is 15.9. The Balaban J connectivity index is 1.50. The zero-order chi connectivity index (χ0) is 20.1. The molecule has 29 heavy (non-hydrogen) atoms. The van der Waals surface area contributed by atoms with E-state index < -0.39 is 5.97 Å². The number of hydrogen-bond donors (Lipinski definition) is 0. The highest BCUT2D eigenvalue weighted by Crippen LogP contribution is 2.22. The van der Waals surface area contributed by atoms with Gasteiger partial charge in [-0.2, -0.15) is 0 Å². The van der Waals surface area contributed by atoms with E-state index in [0.717, 1.165) is 16.9 Å². The lowest BCUT2D eigenvalue weighted by Crippen LogP contribution is -2.05. The van der Waals surface area contributed by atoms with Crippen molar-refractivity contribution in [2.24, 2.45) is 4.99 Å². The van der Waals surface area contributed by atoms with E-state index in [9.17, 15) is 4.79 Å². The minimum Gasteiger partial charge on any atom is -0.497 e. The van der Waals surface area contributed by atoms with Crippen molar-refractivity contribution in [3.63, 3.8) is 0 Å². The molecular formula is C24H19NO4. The number of methoxy groups -OCH3 is 1. The number of aliphatic imine (C=N–C) groups is 1. The summed E-state index contributed by atoms with van der Waals surface area (Å²) in [5.74, 6) is 1.24. The predicted molar refractivity (Wildman–Crippen MR) is 111 cm³/mol. The molecule has 0 amide bonds. The van der Waals surface area contributed by atoms with Crippen LogP contribution in [0.15, 0.2) is 89.6 Å². The molecule has 5 nitrogen and oxygen atoms in total. The summed E-state index contributed by atoms with van der Waals surface area (Å²) in [7, 11) is 1.60. The first-order valence-corrected chi connectivity index (χ1v) is 9.15. The minimum absolute atomic E-state index is 0.246.